The summed E-state index contributed by atoms with van der Waals surface area (Å²) < 4.78 is 27.9. The fourth-order valence-electron chi connectivity index (χ4n) is 2.95. The zero-order valence-electron chi connectivity index (χ0n) is 16.2. The molecule has 1 fully saturated rings. The molecule has 0 spiro atoms. The molecule has 1 amide bonds. The molecule has 0 bridgehead atoms. The number of hydrogen-bond acceptors (Lipinski definition) is 4. The lowest BCUT2D eigenvalue weighted by Crippen LogP contribution is -2.43. The minimum absolute atomic E-state index is 0.00116. The molecule has 0 atom stereocenters. The van der Waals surface area contributed by atoms with E-state index in [1.165, 1.54) is 4.31 Å². The summed E-state index contributed by atoms with van der Waals surface area (Å²) in [5, 5.41) is 2.99. The summed E-state index contributed by atoms with van der Waals surface area (Å²) in [7, 11) is -3.35. The van der Waals surface area contributed by atoms with Crippen molar-refractivity contribution in [2.45, 2.75) is 44.1 Å². The fourth-order valence-corrected chi connectivity index (χ4v) is 5.60. The van der Waals surface area contributed by atoms with Crippen LogP contribution in [0.15, 0.2) is 28.7 Å². The van der Waals surface area contributed by atoms with Crippen molar-refractivity contribution in [2.24, 2.45) is 5.92 Å². The van der Waals surface area contributed by atoms with E-state index < -0.39 is 10.0 Å². The molecule has 1 aliphatic rings. The van der Waals surface area contributed by atoms with E-state index in [0.29, 0.717) is 32.5 Å². The highest BCUT2D eigenvalue weighted by Gasteiger charge is 2.31. The summed E-state index contributed by atoms with van der Waals surface area (Å²) in [6.07, 6.45) is 1.16. The van der Waals surface area contributed by atoms with Crippen molar-refractivity contribution in [3.63, 3.8) is 0 Å². The Kier molecular flexibility index (Phi) is 8.21. The Balaban J connectivity index is 1.78. The highest BCUT2D eigenvalue weighted by atomic mass is 79.9. The fraction of sp³-hybridized carbons (Fsp3) is 0.632. The number of piperidine rings is 1. The zero-order valence-corrected chi connectivity index (χ0v) is 19.4. The highest BCUT2D eigenvalue weighted by Crippen LogP contribution is 2.24. The Morgan fingerprint density at radius 2 is 1.81 bits per heavy atom. The minimum Gasteiger partial charge on any atom is -0.355 e. The van der Waals surface area contributed by atoms with E-state index in [9.17, 15) is 13.2 Å². The van der Waals surface area contributed by atoms with E-state index in [2.05, 4.69) is 42.0 Å². The van der Waals surface area contributed by atoms with E-state index >= 15 is 0 Å². The number of carbonyl (C=O) groups is 1. The van der Waals surface area contributed by atoms with Gasteiger partial charge in [-0.2, -0.15) is 11.8 Å². The van der Waals surface area contributed by atoms with E-state index in [4.69, 9.17) is 0 Å². The standard InChI is InChI=1S/C19H29BrN2O3S2/c1-19(2,3)26-13-10-21-18(23)16-8-11-22(12-9-16)27(24,25)14-15-4-6-17(20)7-5-15/h4-7,16H,8-14H2,1-3H3,(H,21,23). The molecule has 0 saturated carbocycles. The molecule has 152 valence electrons. The van der Waals surface area contributed by atoms with Crippen LogP contribution in [0, 0.1) is 5.92 Å². The molecule has 1 saturated heterocycles. The largest absolute Gasteiger partial charge is 0.355 e. The van der Waals surface area contributed by atoms with Crippen LogP contribution in [0.3, 0.4) is 0 Å². The lowest BCUT2D eigenvalue weighted by atomic mass is 9.97. The number of amides is 1. The summed E-state index contributed by atoms with van der Waals surface area (Å²) >= 11 is 5.18. The van der Waals surface area contributed by atoms with Crippen LogP contribution in [0.25, 0.3) is 0 Å². The van der Waals surface area contributed by atoms with E-state index in [-0.39, 0.29) is 22.3 Å². The van der Waals surface area contributed by atoms with Crippen LogP contribution in [-0.4, -0.2) is 48.8 Å². The van der Waals surface area contributed by atoms with Crippen molar-refractivity contribution >= 4 is 43.6 Å². The second kappa shape index (κ2) is 9.76. The number of thioether (sulfide) groups is 1. The second-order valence-electron chi connectivity index (χ2n) is 7.81. The highest BCUT2D eigenvalue weighted by molar-refractivity contribution is 9.10. The summed E-state index contributed by atoms with van der Waals surface area (Å²) in [4.78, 5) is 12.3. The average molecular weight is 477 g/mol. The number of rotatable bonds is 7. The van der Waals surface area contributed by atoms with Crippen LogP contribution < -0.4 is 5.32 Å². The van der Waals surface area contributed by atoms with Gasteiger partial charge in [-0.3, -0.25) is 4.79 Å². The number of nitrogens with one attached hydrogen (secondary N) is 1. The molecule has 8 heteroatoms. The number of halogens is 1. The second-order valence-corrected chi connectivity index (χ2v) is 12.6. The Morgan fingerprint density at radius 1 is 1.22 bits per heavy atom. The van der Waals surface area contributed by atoms with Gasteiger partial charge >= 0.3 is 0 Å². The summed E-state index contributed by atoms with van der Waals surface area (Å²) in [5.41, 5.74) is 0.773. The smallest absolute Gasteiger partial charge is 0.223 e. The van der Waals surface area contributed by atoms with Gasteiger partial charge in [0.2, 0.25) is 15.9 Å². The summed E-state index contributed by atoms with van der Waals surface area (Å²) in [5.74, 6) is 0.842. The van der Waals surface area contributed by atoms with Crippen molar-refractivity contribution in [1.29, 1.82) is 0 Å². The Labute approximate surface area is 175 Å². The van der Waals surface area contributed by atoms with Gasteiger partial charge in [0, 0.05) is 40.5 Å². The quantitative estimate of drug-likeness (QED) is 0.609. The first-order chi connectivity index (χ1) is 12.6. The molecule has 27 heavy (non-hydrogen) atoms. The number of nitrogens with zero attached hydrogens (tertiary/aromatic N) is 1. The number of hydrogen-bond donors (Lipinski definition) is 1. The maximum Gasteiger partial charge on any atom is 0.223 e. The third-order valence-electron chi connectivity index (χ3n) is 4.42. The molecule has 1 heterocycles. The van der Waals surface area contributed by atoms with Crippen molar-refractivity contribution in [2.75, 3.05) is 25.4 Å². The maximum atomic E-state index is 12.6. The van der Waals surface area contributed by atoms with Crippen LogP contribution >= 0.6 is 27.7 Å². The van der Waals surface area contributed by atoms with Gasteiger partial charge in [-0.05, 0) is 30.5 Å². The lowest BCUT2D eigenvalue weighted by Gasteiger charge is -2.30. The number of carbonyl (C=O) groups excluding carboxylic acids is 1. The minimum atomic E-state index is -3.35. The third-order valence-corrected chi connectivity index (χ3v) is 8.07. The van der Waals surface area contributed by atoms with Crippen molar-refractivity contribution in [3.05, 3.63) is 34.3 Å². The molecule has 5 nitrogen and oxygen atoms in total. The Morgan fingerprint density at radius 3 is 2.37 bits per heavy atom. The molecule has 1 aromatic carbocycles. The van der Waals surface area contributed by atoms with Crippen LogP contribution in [-0.2, 0) is 20.6 Å². The molecule has 0 unspecified atom stereocenters. The van der Waals surface area contributed by atoms with Gasteiger partial charge in [-0.25, -0.2) is 12.7 Å². The van der Waals surface area contributed by atoms with Gasteiger partial charge in [0.05, 0.1) is 5.75 Å². The molecule has 1 aliphatic heterocycles. The van der Waals surface area contributed by atoms with E-state index in [1.807, 2.05) is 36.0 Å². The zero-order chi connectivity index (χ0) is 20.1. The van der Waals surface area contributed by atoms with E-state index in [0.717, 1.165) is 15.8 Å². The first-order valence-electron chi connectivity index (χ1n) is 9.21. The summed E-state index contributed by atoms with van der Waals surface area (Å²) in [6, 6.07) is 7.33. The van der Waals surface area contributed by atoms with E-state index in [1.54, 1.807) is 0 Å². The molecule has 1 N–H and O–H groups in total. The molecule has 0 aliphatic carbocycles. The van der Waals surface area contributed by atoms with Crippen molar-refractivity contribution in [1.82, 2.24) is 9.62 Å². The predicted molar refractivity (Wildman–Crippen MR) is 116 cm³/mol. The predicted octanol–water partition coefficient (Wildman–Crippen LogP) is 3.64. The average Bonchev–Trinajstić information content (AvgIpc) is 2.60. The van der Waals surface area contributed by atoms with Crippen molar-refractivity contribution < 1.29 is 13.2 Å². The Bertz CT molecular complexity index is 722. The van der Waals surface area contributed by atoms with Gasteiger partial charge < -0.3 is 5.32 Å². The molecule has 1 aromatic rings. The number of benzene rings is 1. The van der Waals surface area contributed by atoms with Crippen LogP contribution in [0.2, 0.25) is 0 Å². The summed E-state index contributed by atoms with van der Waals surface area (Å²) in [6.45, 7) is 7.95. The van der Waals surface area contributed by atoms with Gasteiger partial charge in [-0.15, -0.1) is 0 Å². The first-order valence-corrected chi connectivity index (χ1v) is 12.6. The molecule has 2 rings (SSSR count). The van der Waals surface area contributed by atoms with Crippen LogP contribution in [0.5, 0.6) is 0 Å². The third kappa shape index (κ3) is 7.75. The van der Waals surface area contributed by atoms with Crippen LogP contribution in [0.4, 0.5) is 0 Å². The monoisotopic (exact) mass is 476 g/mol. The first kappa shape index (κ1) is 22.7. The lowest BCUT2D eigenvalue weighted by molar-refractivity contribution is -0.125. The molecule has 0 aromatic heterocycles. The molecular weight excluding hydrogens is 448 g/mol. The normalized spacial score (nSPS) is 17.0. The van der Waals surface area contributed by atoms with Crippen molar-refractivity contribution in [3.8, 4) is 0 Å². The van der Waals surface area contributed by atoms with Gasteiger partial charge in [0.15, 0.2) is 0 Å². The SMILES string of the molecule is CC(C)(C)SCCNC(=O)C1CCN(S(=O)(=O)Cc2ccc(Br)cc2)CC1. The van der Waals surface area contributed by atoms with Gasteiger partial charge in [-0.1, -0.05) is 48.8 Å². The van der Waals surface area contributed by atoms with Gasteiger partial charge in [0.25, 0.3) is 0 Å². The topological polar surface area (TPSA) is 66.5 Å². The van der Waals surface area contributed by atoms with Crippen LogP contribution in [0.1, 0.15) is 39.2 Å². The van der Waals surface area contributed by atoms with Gasteiger partial charge in [0.1, 0.15) is 0 Å². The molecular formula is C19H29BrN2O3S2. The maximum absolute atomic E-state index is 12.6. The Hall–Kier alpha value is -0.570. The number of sulfonamides is 1. The molecule has 0 radical (unpaired) electrons.